The summed E-state index contributed by atoms with van der Waals surface area (Å²) >= 11 is 0. The van der Waals surface area contributed by atoms with E-state index in [0.29, 0.717) is 24.3 Å². The third kappa shape index (κ3) is 2.50. The number of rotatable bonds is 2. The normalized spacial score (nSPS) is 18.7. The van der Waals surface area contributed by atoms with Crippen LogP contribution in [0.3, 0.4) is 0 Å². The second-order valence-electron chi connectivity index (χ2n) is 5.10. The quantitative estimate of drug-likeness (QED) is 0.729. The molecule has 3 rings (SSSR count). The zero-order chi connectivity index (χ0) is 14.8. The van der Waals surface area contributed by atoms with Crippen molar-refractivity contribution < 1.29 is 4.79 Å². The van der Waals surface area contributed by atoms with Gasteiger partial charge in [0.05, 0.1) is 0 Å². The second kappa shape index (κ2) is 5.57. The van der Waals surface area contributed by atoms with Gasteiger partial charge >= 0.3 is 0 Å². The summed E-state index contributed by atoms with van der Waals surface area (Å²) < 4.78 is 0. The van der Waals surface area contributed by atoms with Crippen LogP contribution in [0.4, 0.5) is 5.82 Å². The highest BCUT2D eigenvalue weighted by molar-refractivity contribution is 5.87. The molecular weight excluding hydrogens is 268 g/mol. The number of hydrogen-bond donors (Lipinski definition) is 3. The number of carbonyl (C=O) groups excluding carboxylic acids is 1. The Kier molecular flexibility index (Phi) is 3.62. The molecule has 6 nitrogen and oxygen atoms in total. The molecule has 0 saturated carbocycles. The highest BCUT2D eigenvalue weighted by Gasteiger charge is 2.28. The number of aromatic nitrogens is 1. The third-order valence-electron chi connectivity index (χ3n) is 3.84. The van der Waals surface area contributed by atoms with Crippen LogP contribution in [0.5, 0.6) is 0 Å². The number of amides is 1. The summed E-state index contributed by atoms with van der Waals surface area (Å²) in [5.41, 5.74) is -0.128. The number of pyridine rings is 1. The lowest BCUT2D eigenvalue weighted by Crippen LogP contribution is -2.58. The lowest BCUT2D eigenvalue weighted by molar-refractivity contribution is -0.122. The lowest BCUT2D eigenvalue weighted by Gasteiger charge is -2.36. The van der Waals surface area contributed by atoms with Crippen LogP contribution in [0.2, 0.25) is 0 Å². The monoisotopic (exact) mass is 286 g/mol. The van der Waals surface area contributed by atoms with Crippen molar-refractivity contribution in [2.24, 2.45) is 0 Å². The van der Waals surface area contributed by atoms with Crippen LogP contribution in [0, 0.1) is 0 Å². The van der Waals surface area contributed by atoms with Gasteiger partial charge in [0.15, 0.2) is 0 Å². The van der Waals surface area contributed by atoms with E-state index in [9.17, 15) is 9.59 Å². The first kappa shape index (κ1) is 13.6. The number of nitrogens with zero attached hydrogens (tertiary/aromatic N) is 1. The zero-order valence-electron chi connectivity index (χ0n) is 11.8. The highest BCUT2D eigenvalue weighted by Crippen LogP contribution is 2.19. The second-order valence-corrected chi connectivity index (χ2v) is 5.10. The van der Waals surface area contributed by atoms with Crippen LogP contribution >= 0.6 is 0 Å². The number of anilines is 1. The van der Waals surface area contributed by atoms with E-state index in [1.54, 1.807) is 13.1 Å². The van der Waals surface area contributed by atoms with Crippen molar-refractivity contribution in [1.82, 2.24) is 15.6 Å². The minimum atomic E-state index is -0.319. The molecule has 1 saturated heterocycles. The maximum atomic E-state index is 12.2. The fraction of sp³-hybridized carbons (Fsp3) is 0.333. The van der Waals surface area contributed by atoms with E-state index in [-0.39, 0.29) is 17.5 Å². The molecular formula is C15H18N4O2. The Morgan fingerprint density at radius 2 is 2.19 bits per heavy atom. The molecule has 1 unspecified atom stereocenters. The predicted molar refractivity (Wildman–Crippen MR) is 82.6 cm³/mol. The van der Waals surface area contributed by atoms with Crippen molar-refractivity contribution in [3.8, 4) is 0 Å². The smallest absolute Gasteiger partial charge is 0.257 e. The number of aromatic amines is 1. The van der Waals surface area contributed by atoms with Crippen LogP contribution in [-0.2, 0) is 4.79 Å². The van der Waals surface area contributed by atoms with Crippen molar-refractivity contribution in [2.75, 3.05) is 31.6 Å². The minimum absolute atomic E-state index is 0.0591. The minimum Gasteiger partial charge on any atom is -0.357 e. The molecule has 0 aliphatic carbocycles. The summed E-state index contributed by atoms with van der Waals surface area (Å²) in [5, 5.41) is 7.42. The lowest BCUT2D eigenvalue weighted by atomic mass is 10.1. The highest BCUT2D eigenvalue weighted by atomic mass is 16.2. The van der Waals surface area contributed by atoms with Gasteiger partial charge in [-0.1, -0.05) is 18.2 Å². The van der Waals surface area contributed by atoms with Crippen molar-refractivity contribution >= 4 is 22.5 Å². The largest absolute Gasteiger partial charge is 0.357 e. The van der Waals surface area contributed by atoms with Gasteiger partial charge in [-0.05, 0) is 17.5 Å². The number of H-pyrrole nitrogens is 1. The topological polar surface area (TPSA) is 77.2 Å². The molecule has 1 atom stereocenters. The molecule has 1 aromatic carbocycles. The van der Waals surface area contributed by atoms with Crippen LogP contribution in [-0.4, -0.2) is 43.6 Å². The van der Waals surface area contributed by atoms with E-state index in [2.05, 4.69) is 15.6 Å². The van der Waals surface area contributed by atoms with E-state index >= 15 is 0 Å². The molecule has 2 heterocycles. The summed E-state index contributed by atoms with van der Waals surface area (Å²) in [5.74, 6) is 0.630. The van der Waals surface area contributed by atoms with Crippen molar-refractivity contribution in [1.29, 1.82) is 0 Å². The molecule has 1 aliphatic rings. The average Bonchev–Trinajstić information content (AvgIpc) is 2.54. The molecule has 0 bridgehead atoms. The molecule has 1 aromatic heterocycles. The maximum Gasteiger partial charge on any atom is 0.257 e. The summed E-state index contributed by atoms with van der Waals surface area (Å²) in [6.07, 6.45) is 0. The molecule has 1 fully saturated rings. The van der Waals surface area contributed by atoms with Crippen molar-refractivity contribution in [3.63, 3.8) is 0 Å². The van der Waals surface area contributed by atoms with E-state index in [0.717, 1.165) is 11.9 Å². The number of carbonyl (C=O) groups is 1. The van der Waals surface area contributed by atoms with E-state index in [1.165, 1.54) is 0 Å². The average molecular weight is 286 g/mol. The fourth-order valence-electron chi connectivity index (χ4n) is 2.74. The van der Waals surface area contributed by atoms with Crippen LogP contribution in [0.1, 0.15) is 0 Å². The fourth-order valence-corrected chi connectivity index (χ4v) is 2.74. The van der Waals surface area contributed by atoms with Gasteiger partial charge in [-0.2, -0.15) is 0 Å². The Hall–Kier alpha value is -2.34. The van der Waals surface area contributed by atoms with Gasteiger partial charge < -0.3 is 20.5 Å². The number of benzene rings is 1. The summed E-state index contributed by atoms with van der Waals surface area (Å²) in [4.78, 5) is 29.0. The molecule has 0 radical (unpaired) electrons. The van der Waals surface area contributed by atoms with Gasteiger partial charge in [0.2, 0.25) is 5.91 Å². The Morgan fingerprint density at radius 1 is 1.38 bits per heavy atom. The third-order valence-corrected chi connectivity index (χ3v) is 3.84. The molecule has 110 valence electrons. The van der Waals surface area contributed by atoms with Gasteiger partial charge in [0.25, 0.3) is 5.56 Å². The Labute approximate surface area is 122 Å². The van der Waals surface area contributed by atoms with Gasteiger partial charge in [-0.25, -0.2) is 0 Å². The first-order valence-corrected chi connectivity index (χ1v) is 7.02. The molecule has 6 heteroatoms. The van der Waals surface area contributed by atoms with Gasteiger partial charge in [-0.15, -0.1) is 0 Å². The molecule has 1 amide bonds. The van der Waals surface area contributed by atoms with Gasteiger partial charge in [0.1, 0.15) is 11.9 Å². The van der Waals surface area contributed by atoms with Crippen LogP contribution < -0.4 is 21.1 Å². The van der Waals surface area contributed by atoms with E-state index in [1.807, 2.05) is 29.2 Å². The van der Waals surface area contributed by atoms with E-state index in [4.69, 9.17) is 0 Å². The number of nitrogens with one attached hydrogen (secondary N) is 3. The summed E-state index contributed by atoms with van der Waals surface area (Å²) in [6.45, 7) is 2.02. The number of piperazine rings is 1. The van der Waals surface area contributed by atoms with Crippen LogP contribution in [0.15, 0.2) is 35.1 Å². The molecule has 21 heavy (non-hydrogen) atoms. The number of hydrogen-bond acceptors (Lipinski definition) is 4. The Bertz CT molecular complexity index is 725. The SMILES string of the molecule is CNC(=O)C1CNCCN1c1cc2ccccc2c(=O)[nH]1. The molecule has 3 N–H and O–H groups in total. The van der Waals surface area contributed by atoms with Gasteiger partial charge in [-0.3, -0.25) is 9.59 Å². The van der Waals surface area contributed by atoms with Crippen molar-refractivity contribution in [2.45, 2.75) is 6.04 Å². The molecule has 2 aromatic rings. The van der Waals surface area contributed by atoms with E-state index < -0.39 is 0 Å². The van der Waals surface area contributed by atoms with Crippen molar-refractivity contribution in [3.05, 3.63) is 40.7 Å². The standard InChI is InChI=1S/C15H18N4O2/c1-16-15(21)12-9-17-6-7-19(12)13-8-10-4-2-3-5-11(10)14(20)18-13/h2-5,8,12,17H,6-7,9H2,1H3,(H,16,21)(H,18,20). The molecule has 1 aliphatic heterocycles. The maximum absolute atomic E-state index is 12.2. The molecule has 0 spiro atoms. The zero-order valence-corrected chi connectivity index (χ0v) is 11.8. The predicted octanol–water partition coefficient (Wildman–Crippen LogP) is 0.0523. The number of likely N-dealkylation sites (N-methyl/N-ethyl adjacent to an activating group) is 1. The van der Waals surface area contributed by atoms with Gasteiger partial charge in [0, 0.05) is 32.1 Å². The first-order chi connectivity index (χ1) is 10.2. The summed E-state index contributed by atoms with van der Waals surface area (Å²) in [6, 6.07) is 9.06. The Balaban J connectivity index is 2.05. The van der Waals surface area contributed by atoms with Crippen LogP contribution in [0.25, 0.3) is 10.8 Å². The Morgan fingerprint density at radius 3 is 3.00 bits per heavy atom. The first-order valence-electron chi connectivity index (χ1n) is 7.02. The number of fused-ring (bicyclic) bond motifs is 1. The summed E-state index contributed by atoms with van der Waals surface area (Å²) in [7, 11) is 1.62.